The summed E-state index contributed by atoms with van der Waals surface area (Å²) in [7, 11) is 0. The number of carbonyl (C=O) groups excluding carboxylic acids is 1. The molecule has 0 saturated heterocycles. The van der Waals surface area contributed by atoms with Gasteiger partial charge >= 0.3 is 0 Å². The second-order valence-corrected chi connectivity index (χ2v) is 4.11. The van der Waals surface area contributed by atoms with E-state index >= 15 is 0 Å². The van der Waals surface area contributed by atoms with Gasteiger partial charge in [-0.05, 0) is 34.9 Å². The molecule has 1 atom stereocenters. The lowest BCUT2D eigenvalue weighted by atomic mass is 9.92. The van der Waals surface area contributed by atoms with Crippen molar-refractivity contribution in [2.45, 2.75) is 5.92 Å². The third kappa shape index (κ3) is 2.66. The van der Waals surface area contributed by atoms with Crippen molar-refractivity contribution in [3.05, 3.63) is 65.7 Å². The van der Waals surface area contributed by atoms with Gasteiger partial charge in [0.05, 0.1) is 5.92 Å². The number of benzene rings is 2. The van der Waals surface area contributed by atoms with Gasteiger partial charge in [0.2, 0.25) is 5.24 Å². The maximum Gasteiger partial charge on any atom is 0.233 e. The van der Waals surface area contributed by atoms with Crippen molar-refractivity contribution >= 4 is 16.8 Å². The molecule has 0 heterocycles. The molecule has 2 nitrogen and oxygen atoms in total. The first-order chi connectivity index (χ1) is 8.18. The van der Waals surface area contributed by atoms with E-state index in [1.54, 1.807) is 24.3 Å². The van der Waals surface area contributed by atoms with Gasteiger partial charge < -0.3 is 5.11 Å². The lowest BCUT2D eigenvalue weighted by molar-refractivity contribution is -0.112. The van der Waals surface area contributed by atoms with E-state index in [0.29, 0.717) is 0 Å². The Morgan fingerprint density at radius 3 is 2.00 bits per heavy atom. The Labute approximate surface area is 104 Å². The summed E-state index contributed by atoms with van der Waals surface area (Å²) in [5.74, 6) is -0.318. The fourth-order valence-electron chi connectivity index (χ4n) is 1.77. The predicted octanol–water partition coefficient (Wildman–Crippen LogP) is 3.29. The van der Waals surface area contributed by atoms with Crippen molar-refractivity contribution in [2.75, 3.05) is 0 Å². The van der Waals surface area contributed by atoms with E-state index in [0.717, 1.165) is 11.1 Å². The molecule has 0 aliphatic rings. The van der Waals surface area contributed by atoms with E-state index in [1.165, 1.54) is 0 Å². The lowest BCUT2D eigenvalue weighted by Gasteiger charge is -2.13. The zero-order valence-electron chi connectivity index (χ0n) is 9.01. The average Bonchev–Trinajstić information content (AvgIpc) is 2.33. The van der Waals surface area contributed by atoms with Crippen LogP contribution in [0.4, 0.5) is 0 Å². The van der Waals surface area contributed by atoms with Crippen LogP contribution in [-0.4, -0.2) is 10.3 Å². The van der Waals surface area contributed by atoms with E-state index in [9.17, 15) is 9.90 Å². The van der Waals surface area contributed by atoms with Gasteiger partial charge in [-0.15, -0.1) is 0 Å². The smallest absolute Gasteiger partial charge is 0.233 e. The van der Waals surface area contributed by atoms with Crippen LogP contribution in [0.5, 0.6) is 5.75 Å². The van der Waals surface area contributed by atoms with Gasteiger partial charge in [0, 0.05) is 0 Å². The largest absolute Gasteiger partial charge is 0.508 e. The quantitative estimate of drug-likeness (QED) is 0.844. The van der Waals surface area contributed by atoms with Crippen molar-refractivity contribution < 1.29 is 9.90 Å². The number of hydrogen-bond acceptors (Lipinski definition) is 2. The number of carbonyl (C=O) groups is 1. The lowest BCUT2D eigenvalue weighted by Crippen LogP contribution is -2.08. The Bertz CT molecular complexity index is 506. The molecule has 86 valence electrons. The Morgan fingerprint density at radius 1 is 0.941 bits per heavy atom. The van der Waals surface area contributed by atoms with Crippen LogP contribution in [0.25, 0.3) is 0 Å². The Balaban J connectivity index is 2.43. The number of aromatic hydroxyl groups is 1. The van der Waals surface area contributed by atoms with Crippen LogP contribution in [-0.2, 0) is 4.79 Å². The molecule has 0 aromatic heterocycles. The molecule has 0 aliphatic carbocycles. The molecule has 0 amide bonds. The molecular weight excluding hydrogens is 236 g/mol. The first kappa shape index (κ1) is 11.7. The molecule has 0 spiro atoms. The fraction of sp³-hybridized carbons (Fsp3) is 0.0714. The molecule has 3 heteroatoms. The van der Waals surface area contributed by atoms with Crippen molar-refractivity contribution in [1.29, 1.82) is 0 Å². The summed E-state index contributed by atoms with van der Waals surface area (Å²) >= 11 is 5.65. The predicted molar refractivity (Wildman–Crippen MR) is 67.3 cm³/mol. The van der Waals surface area contributed by atoms with Crippen LogP contribution in [0.3, 0.4) is 0 Å². The van der Waals surface area contributed by atoms with E-state index < -0.39 is 11.2 Å². The maximum absolute atomic E-state index is 11.5. The van der Waals surface area contributed by atoms with Gasteiger partial charge in [-0.1, -0.05) is 42.5 Å². The van der Waals surface area contributed by atoms with Gasteiger partial charge in [-0.3, -0.25) is 4.79 Å². The van der Waals surface area contributed by atoms with Crippen molar-refractivity contribution in [1.82, 2.24) is 0 Å². The second-order valence-electron chi connectivity index (χ2n) is 3.74. The summed E-state index contributed by atoms with van der Waals surface area (Å²) in [6.07, 6.45) is 0. The Kier molecular flexibility index (Phi) is 3.45. The van der Waals surface area contributed by atoms with Crippen LogP contribution < -0.4 is 0 Å². The van der Waals surface area contributed by atoms with Gasteiger partial charge in [0.25, 0.3) is 0 Å². The summed E-state index contributed by atoms with van der Waals surface area (Å²) in [5, 5.41) is 8.80. The molecule has 1 unspecified atom stereocenters. The van der Waals surface area contributed by atoms with E-state index in [1.807, 2.05) is 30.3 Å². The molecule has 0 bridgehead atoms. The molecule has 2 aromatic rings. The highest BCUT2D eigenvalue weighted by molar-refractivity contribution is 6.65. The summed E-state index contributed by atoms with van der Waals surface area (Å²) in [6.45, 7) is 0. The zero-order chi connectivity index (χ0) is 12.3. The molecule has 17 heavy (non-hydrogen) atoms. The Morgan fingerprint density at radius 2 is 1.47 bits per heavy atom. The molecule has 1 N–H and O–H groups in total. The minimum atomic E-state index is -0.488. The van der Waals surface area contributed by atoms with Crippen LogP contribution in [0, 0.1) is 0 Å². The average molecular weight is 247 g/mol. The number of phenols is 1. The molecule has 0 radical (unpaired) electrons. The standard InChI is InChI=1S/C14H11ClO2/c15-14(17)13(10-4-2-1-3-5-10)11-6-8-12(16)9-7-11/h1-9,13,16H. The third-order valence-corrected chi connectivity index (χ3v) is 2.80. The minimum absolute atomic E-state index is 0.169. The SMILES string of the molecule is O=C(Cl)C(c1ccccc1)c1ccc(O)cc1. The van der Waals surface area contributed by atoms with E-state index in [-0.39, 0.29) is 5.75 Å². The molecular formula is C14H11ClO2. The highest BCUT2D eigenvalue weighted by Gasteiger charge is 2.20. The molecule has 2 rings (SSSR count). The number of rotatable bonds is 3. The number of halogens is 1. The monoisotopic (exact) mass is 246 g/mol. The normalized spacial score (nSPS) is 12.1. The highest BCUT2D eigenvalue weighted by Crippen LogP contribution is 2.28. The van der Waals surface area contributed by atoms with Crippen molar-refractivity contribution in [3.8, 4) is 5.75 Å². The van der Waals surface area contributed by atoms with Crippen LogP contribution in [0.2, 0.25) is 0 Å². The molecule has 0 fully saturated rings. The maximum atomic E-state index is 11.5. The second kappa shape index (κ2) is 5.02. The first-order valence-corrected chi connectivity index (χ1v) is 5.59. The van der Waals surface area contributed by atoms with Crippen molar-refractivity contribution in [2.24, 2.45) is 0 Å². The summed E-state index contributed by atoms with van der Waals surface area (Å²) < 4.78 is 0. The number of hydrogen-bond donors (Lipinski definition) is 1. The minimum Gasteiger partial charge on any atom is -0.508 e. The van der Waals surface area contributed by atoms with Crippen LogP contribution in [0.15, 0.2) is 54.6 Å². The summed E-state index contributed by atoms with van der Waals surface area (Å²) in [4.78, 5) is 11.5. The van der Waals surface area contributed by atoms with Gasteiger partial charge in [0.1, 0.15) is 5.75 Å². The summed E-state index contributed by atoms with van der Waals surface area (Å²) in [6, 6.07) is 15.8. The van der Waals surface area contributed by atoms with E-state index in [2.05, 4.69) is 0 Å². The van der Waals surface area contributed by atoms with E-state index in [4.69, 9.17) is 11.6 Å². The number of phenolic OH excluding ortho intramolecular Hbond substituents is 1. The van der Waals surface area contributed by atoms with Crippen LogP contribution in [0.1, 0.15) is 17.0 Å². The molecule has 2 aromatic carbocycles. The highest BCUT2D eigenvalue weighted by atomic mass is 35.5. The van der Waals surface area contributed by atoms with Gasteiger partial charge in [-0.25, -0.2) is 0 Å². The van der Waals surface area contributed by atoms with Gasteiger partial charge in [0.15, 0.2) is 0 Å². The summed E-state index contributed by atoms with van der Waals surface area (Å²) in [5.41, 5.74) is 1.62. The first-order valence-electron chi connectivity index (χ1n) is 5.21. The van der Waals surface area contributed by atoms with Crippen molar-refractivity contribution in [3.63, 3.8) is 0 Å². The molecule has 0 aliphatic heterocycles. The van der Waals surface area contributed by atoms with Crippen LogP contribution >= 0.6 is 11.6 Å². The molecule has 0 saturated carbocycles. The Hall–Kier alpha value is -1.80. The van der Waals surface area contributed by atoms with Gasteiger partial charge in [-0.2, -0.15) is 0 Å². The zero-order valence-corrected chi connectivity index (χ0v) is 9.76. The fourth-order valence-corrected chi connectivity index (χ4v) is 2.02. The topological polar surface area (TPSA) is 37.3 Å². The third-order valence-electron chi connectivity index (χ3n) is 2.59.